The first kappa shape index (κ1) is 14.3. The largest absolute Gasteiger partial charge is 0.376 e. The molecule has 2 aliphatic rings. The summed E-state index contributed by atoms with van der Waals surface area (Å²) in [4.78, 5) is 0. The smallest absolute Gasteiger partial charge is 0.0964 e. The SMILES string of the molecule is CCNC(C1CCCC(CC)C1)C1COCCO1. The van der Waals surface area contributed by atoms with Crippen LogP contribution in [0.3, 0.4) is 0 Å². The molecule has 1 aliphatic heterocycles. The summed E-state index contributed by atoms with van der Waals surface area (Å²) >= 11 is 0. The molecule has 1 N–H and O–H groups in total. The predicted molar refractivity (Wildman–Crippen MR) is 73.8 cm³/mol. The van der Waals surface area contributed by atoms with Crippen LogP contribution in [-0.2, 0) is 9.47 Å². The first-order valence-electron chi connectivity index (χ1n) is 7.77. The summed E-state index contributed by atoms with van der Waals surface area (Å²) in [6.45, 7) is 7.84. The molecule has 0 aromatic heterocycles. The van der Waals surface area contributed by atoms with Crippen molar-refractivity contribution in [1.82, 2.24) is 5.32 Å². The Balaban J connectivity index is 1.94. The van der Waals surface area contributed by atoms with Crippen molar-refractivity contribution in [3.05, 3.63) is 0 Å². The van der Waals surface area contributed by atoms with E-state index >= 15 is 0 Å². The number of likely N-dealkylation sites (N-methyl/N-ethyl adjacent to an activating group) is 1. The number of nitrogens with one attached hydrogen (secondary N) is 1. The van der Waals surface area contributed by atoms with Crippen LogP contribution in [0.1, 0.15) is 46.0 Å². The first-order valence-corrected chi connectivity index (χ1v) is 7.77. The van der Waals surface area contributed by atoms with Crippen molar-refractivity contribution >= 4 is 0 Å². The fourth-order valence-electron chi connectivity index (χ4n) is 3.58. The lowest BCUT2D eigenvalue weighted by atomic mass is 9.75. The van der Waals surface area contributed by atoms with E-state index in [4.69, 9.17) is 9.47 Å². The Labute approximate surface area is 112 Å². The van der Waals surface area contributed by atoms with Gasteiger partial charge in [-0.1, -0.05) is 33.1 Å². The van der Waals surface area contributed by atoms with Gasteiger partial charge in [0, 0.05) is 6.04 Å². The van der Waals surface area contributed by atoms with Crippen LogP contribution in [0, 0.1) is 11.8 Å². The van der Waals surface area contributed by atoms with E-state index in [1.165, 1.54) is 32.1 Å². The van der Waals surface area contributed by atoms with Crippen LogP contribution >= 0.6 is 0 Å². The molecule has 4 unspecified atom stereocenters. The van der Waals surface area contributed by atoms with Crippen LogP contribution < -0.4 is 5.32 Å². The van der Waals surface area contributed by atoms with Gasteiger partial charge in [0.2, 0.25) is 0 Å². The Bertz CT molecular complexity index is 229. The Morgan fingerprint density at radius 1 is 1.22 bits per heavy atom. The molecule has 0 bridgehead atoms. The fourth-order valence-corrected chi connectivity index (χ4v) is 3.58. The molecule has 0 aromatic carbocycles. The molecular formula is C15H29NO2. The lowest BCUT2D eigenvalue weighted by Crippen LogP contribution is -2.51. The minimum atomic E-state index is 0.263. The summed E-state index contributed by atoms with van der Waals surface area (Å²) < 4.78 is 11.5. The Hall–Kier alpha value is -0.120. The van der Waals surface area contributed by atoms with Crippen molar-refractivity contribution in [2.75, 3.05) is 26.4 Å². The molecule has 1 aliphatic carbocycles. The Kier molecular flexibility index (Phi) is 5.93. The van der Waals surface area contributed by atoms with Gasteiger partial charge in [0.25, 0.3) is 0 Å². The highest BCUT2D eigenvalue weighted by Crippen LogP contribution is 2.34. The second-order valence-electron chi connectivity index (χ2n) is 5.77. The second-order valence-corrected chi connectivity index (χ2v) is 5.77. The summed E-state index contributed by atoms with van der Waals surface area (Å²) in [5.74, 6) is 1.70. The van der Waals surface area contributed by atoms with Crippen LogP contribution in [0.2, 0.25) is 0 Å². The van der Waals surface area contributed by atoms with E-state index < -0.39 is 0 Å². The van der Waals surface area contributed by atoms with Crippen LogP contribution in [0.15, 0.2) is 0 Å². The van der Waals surface area contributed by atoms with Gasteiger partial charge in [-0.25, -0.2) is 0 Å². The molecule has 4 atom stereocenters. The molecule has 1 saturated heterocycles. The molecule has 0 radical (unpaired) electrons. The third-order valence-electron chi connectivity index (χ3n) is 4.59. The molecule has 3 heteroatoms. The highest BCUT2D eigenvalue weighted by atomic mass is 16.6. The quantitative estimate of drug-likeness (QED) is 0.819. The van der Waals surface area contributed by atoms with Gasteiger partial charge in [-0.2, -0.15) is 0 Å². The molecule has 3 nitrogen and oxygen atoms in total. The molecule has 0 aromatic rings. The molecule has 1 saturated carbocycles. The van der Waals surface area contributed by atoms with Crippen LogP contribution in [0.4, 0.5) is 0 Å². The topological polar surface area (TPSA) is 30.5 Å². The minimum Gasteiger partial charge on any atom is -0.376 e. The van der Waals surface area contributed by atoms with Crippen molar-refractivity contribution in [2.45, 2.75) is 58.1 Å². The van der Waals surface area contributed by atoms with Crippen molar-refractivity contribution in [2.24, 2.45) is 11.8 Å². The fraction of sp³-hybridized carbons (Fsp3) is 1.00. The van der Waals surface area contributed by atoms with E-state index in [1.54, 1.807) is 0 Å². The van der Waals surface area contributed by atoms with Gasteiger partial charge in [0.1, 0.15) is 0 Å². The molecule has 106 valence electrons. The molecule has 2 fully saturated rings. The summed E-state index contributed by atoms with van der Waals surface area (Å²) in [5.41, 5.74) is 0. The summed E-state index contributed by atoms with van der Waals surface area (Å²) in [5, 5.41) is 3.66. The lowest BCUT2D eigenvalue weighted by molar-refractivity contribution is -0.111. The average Bonchev–Trinajstić information content (AvgIpc) is 2.46. The van der Waals surface area contributed by atoms with Gasteiger partial charge in [0.15, 0.2) is 0 Å². The van der Waals surface area contributed by atoms with Crippen LogP contribution in [0.5, 0.6) is 0 Å². The van der Waals surface area contributed by atoms with Crippen LogP contribution in [-0.4, -0.2) is 38.5 Å². The van der Waals surface area contributed by atoms with Crippen LogP contribution in [0.25, 0.3) is 0 Å². The molecule has 1 heterocycles. The number of hydrogen-bond donors (Lipinski definition) is 1. The van der Waals surface area contributed by atoms with Gasteiger partial charge in [0.05, 0.1) is 25.9 Å². The zero-order valence-electron chi connectivity index (χ0n) is 12.0. The normalized spacial score (nSPS) is 35.3. The summed E-state index contributed by atoms with van der Waals surface area (Å²) in [6, 6.07) is 0.490. The highest BCUT2D eigenvalue weighted by Gasteiger charge is 2.34. The third kappa shape index (κ3) is 3.69. The van der Waals surface area contributed by atoms with E-state index in [-0.39, 0.29) is 6.10 Å². The number of rotatable bonds is 5. The maximum atomic E-state index is 5.93. The molecular weight excluding hydrogens is 226 g/mol. The Morgan fingerprint density at radius 2 is 2.11 bits per heavy atom. The first-order chi connectivity index (χ1) is 8.85. The summed E-state index contributed by atoms with van der Waals surface area (Å²) in [7, 11) is 0. The van der Waals surface area contributed by atoms with E-state index in [2.05, 4.69) is 19.2 Å². The zero-order chi connectivity index (χ0) is 12.8. The Morgan fingerprint density at radius 3 is 2.78 bits per heavy atom. The average molecular weight is 255 g/mol. The van der Waals surface area contributed by atoms with Gasteiger partial charge in [-0.3, -0.25) is 0 Å². The lowest BCUT2D eigenvalue weighted by Gasteiger charge is -2.39. The van der Waals surface area contributed by atoms with Crippen molar-refractivity contribution in [3.63, 3.8) is 0 Å². The molecule has 18 heavy (non-hydrogen) atoms. The maximum absolute atomic E-state index is 5.93. The second kappa shape index (κ2) is 7.46. The van der Waals surface area contributed by atoms with E-state index in [1.807, 2.05) is 0 Å². The van der Waals surface area contributed by atoms with Crippen molar-refractivity contribution < 1.29 is 9.47 Å². The molecule has 2 rings (SSSR count). The monoisotopic (exact) mass is 255 g/mol. The van der Waals surface area contributed by atoms with E-state index in [9.17, 15) is 0 Å². The van der Waals surface area contributed by atoms with Crippen molar-refractivity contribution in [3.8, 4) is 0 Å². The standard InChI is InChI=1S/C15H29NO2/c1-3-12-6-5-7-13(10-12)15(16-4-2)14-11-17-8-9-18-14/h12-16H,3-11H2,1-2H3. The minimum absolute atomic E-state index is 0.263. The maximum Gasteiger partial charge on any atom is 0.0964 e. The number of hydrogen-bond acceptors (Lipinski definition) is 3. The molecule has 0 spiro atoms. The predicted octanol–water partition coefficient (Wildman–Crippen LogP) is 2.60. The van der Waals surface area contributed by atoms with Gasteiger partial charge < -0.3 is 14.8 Å². The van der Waals surface area contributed by atoms with Gasteiger partial charge in [-0.15, -0.1) is 0 Å². The molecule has 0 amide bonds. The van der Waals surface area contributed by atoms with Crippen molar-refractivity contribution in [1.29, 1.82) is 0 Å². The zero-order valence-corrected chi connectivity index (χ0v) is 12.0. The van der Waals surface area contributed by atoms with Gasteiger partial charge in [-0.05, 0) is 31.2 Å². The highest BCUT2D eigenvalue weighted by molar-refractivity contribution is 4.88. The summed E-state index contributed by atoms with van der Waals surface area (Å²) in [6.07, 6.45) is 7.13. The van der Waals surface area contributed by atoms with Gasteiger partial charge >= 0.3 is 0 Å². The van der Waals surface area contributed by atoms with E-state index in [0.29, 0.717) is 6.04 Å². The third-order valence-corrected chi connectivity index (χ3v) is 4.59. The number of ether oxygens (including phenoxy) is 2. The van der Waals surface area contributed by atoms with E-state index in [0.717, 1.165) is 38.2 Å².